The molecule has 0 aliphatic carbocycles. The van der Waals surface area contributed by atoms with E-state index in [1.165, 1.54) is 11.1 Å². The van der Waals surface area contributed by atoms with E-state index in [9.17, 15) is 0 Å². The maximum Gasteiger partial charge on any atom is 0.453 e. The third kappa shape index (κ3) is 9.48. The highest BCUT2D eigenvalue weighted by Crippen LogP contribution is 2.56. The second-order valence-corrected chi connectivity index (χ2v) is 25.7. The summed E-state index contributed by atoms with van der Waals surface area (Å²) in [5.41, 5.74) is 14.0. The first kappa shape index (κ1) is 49.7. The van der Waals surface area contributed by atoms with E-state index in [2.05, 4.69) is 161 Å². The van der Waals surface area contributed by atoms with Crippen LogP contribution in [0.1, 0.15) is 139 Å². The fourth-order valence-corrected chi connectivity index (χ4v) is 12.4. The van der Waals surface area contributed by atoms with Crippen molar-refractivity contribution in [2.75, 3.05) is 0 Å². The summed E-state index contributed by atoms with van der Waals surface area (Å²) in [6.07, 6.45) is 0. The lowest BCUT2D eigenvalue weighted by molar-refractivity contribution is 0.470. The van der Waals surface area contributed by atoms with Gasteiger partial charge in [0.05, 0.1) is 0 Å². The first-order chi connectivity index (χ1) is 31.5. The van der Waals surface area contributed by atoms with E-state index in [1.54, 1.807) is 0 Å². The lowest BCUT2D eigenvalue weighted by Gasteiger charge is -2.34. The Hall–Kier alpha value is -4.70. The van der Waals surface area contributed by atoms with Crippen LogP contribution in [0.25, 0.3) is 55.0 Å². The first-order valence-corrected chi connectivity index (χ1v) is 26.3. The van der Waals surface area contributed by atoms with Crippen molar-refractivity contribution in [3.8, 4) is 22.6 Å². The molecule has 0 unspecified atom stereocenters. The Morgan fingerprint density at radius 2 is 0.735 bits per heavy atom. The average molecular weight is 992 g/mol. The van der Waals surface area contributed by atoms with Crippen molar-refractivity contribution < 1.29 is 25.8 Å². The molecule has 0 N–H and O–H groups in total. The van der Waals surface area contributed by atoms with Crippen LogP contribution >= 0.6 is 39.7 Å². The molecule has 0 atom stereocenters. The van der Waals surface area contributed by atoms with Crippen LogP contribution in [0.2, 0.25) is 10.0 Å². The highest BCUT2D eigenvalue weighted by Gasteiger charge is 2.37. The van der Waals surface area contributed by atoms with E-state index in [1.807, 2.05) is 36.4 Å². The molecule has 0 amide bonds. The van der Waals surface area contributed by atoms with Crippen LogP contribution in [0.5, 0.6) is 11.5 Å². The van der Waals surface area contributed by atoms with Gasteiger partial charge in [0.15, 0.2) is 0 Å². The summed E-state index contributed by atoms with van der Waals surface area (Å²) in [4.78, 5) is 0. The molecule has 10 heteroatoms. The van der Waals surface area contributed by atoms with Crippen molar-refractivity contribution in [2.45, 2.75) is 146 Å². The molecular formula is C58H66Cl2O6P2. The van der Waals surface area contributed by atoms with Gasteiger partial charge in [-0.3, -0.25) is 0 Å². The molecule has 0 aliphatic heterocycles. The summed E-state index contributed by atoms with van der Waals surface area (Å²) in [5, 5.41) is 4.65. The summed E-state index contributed by atoms with van der Waals surface area (Å²) in [6, 6.07) is 24.5. The van der Waals surface area contributed by atoms with Gasteiger partial charge in [-0.15, -0.1) is 0 Å². The lowest BCUT2D eigenvalue weighted by atomic mass is 9.72. The van der Waals surface area contributed by atoms with Crippen LogP contribution in [-0.4, -0.2) is 0 Å². The Morgan fingerprint density at radius 1 is 0.397 bits per heavy atom. The molecule has 0 bridgehead atoms. The SMILES string of the molecule is Cc1cc(C)c2op(Oc3c(C(C)(C)C)cc(C(C)(C)C)c(C)c3-c3c(C)c(C(C)(C)C)cc(C(C)(C)C)c3Op3oc4ccc(Cl)cc4c4cc(Cl)ccc4o3)oc3c(C)cc(C)cc3c2c1. The molecular weight excluding hydrogens is 925 g/mol. The zero-order chi connectivity index (χ0) is 49.7. The molecule has 0 radical (unpaired) electrons. The molecule has 8 aromatic rings. The molecule has 0 saturated heterocycles. The van der Waals surface area contributed by atoms with Crippen molar-refractivity contribution in [1.29, 1.82) is 0 Å². The number of benzene rings is 6. The normalized spacial score (nSPS) is 12.7. The number of rotatable bonds is 5. The monoisotopic (exact) mass is 990 g/mol. The minimum atomic E-state index is -2.13. The molecule has 0 aliphatic rings. The van der Waals surface area contributed by atoms with Crippen molar-refractivity contribution in [3.05, 3.63) is 138 Å². The molecule has 6 aromatic carbocycles. The average Bonchev–Trinajstić information content (AvgIpc) is 3.44. The van der Waals surface area contributed by atoms with Crippen molar-refractivity contribution in [1.82, 2.24) is 0 Å². The number of hydrogen-bond donors (Lipinski definition) is 0. The summed E-state index contributed by atoms with van der Waals surface area (Å²) < 4.78 is 42.9. The third-order valence-electron chi connectivity index (χ3n) is 12.9. The van der Waals surface area contributed by atoms with Crippen LogP contribution < -0.4 is 9.05 Å². The topological polar surface area (TPSA) is 71.0 Å². The highest BCUT2D eigenvalue weighted by atomic mass is 35.5. The Balaban J connectivity index is 1.57. The molecule has 0 spiro atoms. The van der Waals surface area contributed by atoms with Gasteiger partial charge in [-0.2, -0.15) is 0 Å². The Labute approximate surface area is 414 Å². The predicted octanol–water partition coefficient (Wildman–Crippen LogP) is 20.6. The van der Waals surface area contributed by atoms with Crippen molar-refractivity contribution in [3.63, 3.8) is 0 Å². The van der Waals surface area contributed by atoms with Gasteiger partial charge < -0.3 is 25.8 Å². The van der Waals surface area contributed by atoms with Gasteiger partial charge in [0.2, 0.25) is 0 Å². The third-order valence-corrected chi connectivity index (χ3v) is 15.4. The zero-order valence-corrected chi connectivity index (χ0v) is 46.3. The van der Waals surface area contributed by atoms with E-state index < -0.39 is 27.3 Å². The van der Waals surface area contributed by atoms with Crippen molar-refractivity contribution in [2.24, 2.45) is 0 Å². The van der Waals surface area contributed by atoms with Crippen LogP contribution in [0, 0.1) is 41.5 Å². The summed E-state index contributed by atoms with van der Waals surface area (Å²) in [5.74, 6) is 1.34. The molecule has 358 valence electrons. The Kier molecular flexibility index (Phi) is 12.9. The first-order valence-electron chi connectivity index (χ1n) is 23.4. The van der Waals surface area contributed by atoms with Crippen LogP contribution in [0.4, 0.5) is 0 Å². The molecule has 2 aromatic heterocycles. The summed E-state index contributed by atoms with van der Waals surface area (Å²) >= 11 is 13.2. The van der Waals surface area contributed by atoms with Gasteiger partial charge >= 0.3 is 16.5 Å². The number of fused-ring (bicyclic) bond motifs is 6. The zero-order valence-electron chi connectivity index (χ0n) is 43.0. The number of hydrogen-bond acceptors (Lipinski definition) is 6. The van der Waals surface area contributed by atoms with Crippen LogP contribution in [-0.2, 0) is 21.7 Å². The molecule has 8 rings (SSSR count). The Bertz CT molecular complexity index is 3290. The number of aryl methyl sites for hydroxylation is 4. The number of halogens is 2. The molecule has 0 saturated carbocycles. The summed E-state index contributed by atoms with van der Waals surface area (Å²) in [7, 11) is -4.22. The fraction of sp³-hybridized carbons (Fsp3) is 0.379. The quantitative estimate of drug-likeness (QED) is 0.171. The van der Waals surface area contributed by atoms with Gasteiger partial charge in [-0.1, -0.05) is 131 Å². The largest absolute Gasteiger partial charge is 0.453 e. The smallest absolute Gasteiger partial charge is 0.390 e. The van der Waals surface area contributed by atoms with Crippen LogP contribution in [0.3, 0.4) is 0 Å². The van der Waals surface area contributed by atoms with Gasteiger partial charge in [-0.05, 0) is 156 Å². The molecule has 2 heterocycles. The lowest BCUT2D eigenvalue weighted by Crippen LogP contribution is -2.22. The van der Waals surface area contributed by atoms with E-state index >= 15 is 0 Å². The minimum absolute atomic E-state index is 0.253. The molecule has 0 fully saturated rings. The van der Waals surface area contributed by atoms with Gasteiger partial charge in [-0.25, -0.2) is 0 Å². The van der Waals surface area contributed by atoms with E-state index in [0.717, 1.165) is 88.3 Å². The minimum Gasteiger partial charge on any atom is -0.390 e. The van der Waals surface area contributed by atoms with Gasteiger partial charge in [0.1, 0.15) is 33.8 Å². The van der Waals surface area contributed by atoms with Crippen molar-refractivity contribution >= 4 is 83.6 Å². The van der Waals surface area contributed by atoms with E-state index in [4.69, 9.17) is 49.0 Å². The summed E-state index contributed by atoms with van der Waals surface area (Å²) in [6.45, 7) is 39.9. The van der Waals surface area contributed by atoms with Gasteiger partial charge in [0.25, 0.3) is 0 Å². The second kappa shape index (κ2) is 17.6. The predicted molar refractivity (Wildman–Crippen MR) is 290 cm³/mol. The maximum atomic E-state index is 7.58. The van der Waals surface area contributed by atoms with Crippen LogP contribution in [0.15, 0.2) is 89.6 Å². The molecule has 68 heavy (non-hydrogen) atoms. The van der Waals surface area contributed by atoms with E-state index in [-0.39, 0.29) is 10.8 Å². The molecule has 6 nitrogen and oxygen atoms in total. The highest BCUT2D eigenvalue weighted by molar-refractivity contribution is 7.32. The van der Waals surface area contributed by atoms with E-state index in [0.29, 0.717) is 32.7 Å². The standard InChI is InChI=1S/C58H66Cl2O6P2/c1-31-23-33(3)51-41(25-31)42-26-32(2)24-34(4)52(42)64-68(63-51)66-54-46(58(16,17)18)30-44(56(10,11)12)36(6)50(54)49-35(5)43(55(7,8)9)29-45(57(13,14)15)53(49)65-67-61-47-21-19-37(59)27-39(47)40-28-38(60)20-22-48(40)62-67/h19-30H,1-18H3. The van der Waals surface area contributed by atoms with Gasteiger partial charge in [0, 0.05) is 53.8 Å². The fourth-order valence-electron chi connectivity index (χ4n) is 9.69. The second-order valence-electron chi connectivity index (χ2n) is 22.8. The Morgan fingerprint density at radius 3 is 1.07 bits per heavy atom. The maximum absolute atomic E-state index is 7.58.